The van der Waals surface area contributed by atoms with E-state index in [4.69, 9.17) is 16.3 Å². The van der Waals surface area contributed by atoms with Gasteiger partial charge < -0.3 is 15.0 Å². The first-order chi connectivity index (χ1) is 19.0. The highest BCUT2D eigenvalue weighted by Gasteiger charge is 2.33. The van der Waals surface area contributed by atoms with Gasteiger partial charge in [0.2, 0.25) is 11.8 Å². The first kappa shape index (κ1) is 31.0. The zero-order valence-electron chi connectivity index (χ0n) is 23.4. The Morgan fingerprint density at radius 1 is 1.00 bits per heavy atom. The summed E-state index contributed by atoms with van der Waals surface area (Å²) in [5.41, 5.74) is 1.77. The number of carbonyl (C=O) groups is 2. The third-order valence-corrected chi connectivity index (χ3v) is 8.93. The number of aryl methyl sites for hydroxylation is 1. The maximum absolute atomic E-state index is 14.0. The van der Waals surface area contributed by atoms with Gasteiger partial charge in [-0.1, -0.05) is 54.9 Å². The Bertz CT molecular complexity index is 1420. The molecule has 3 aromatic rings. The van der Waals surface area contributed by atoms with Crippen molar-refractivity contribution in [2.75, 3.05) is 18.0 Å². The van der Waals surface area contributed by atoms with Crippen molar-refractivity contribution < 1.29 is 22.7 Å². The summed E-state index contributed by atoms with van der Waals surface area (Å²) in [6.45, 7) is 6.84. The molecule has 0 aliphatic heterocycles. The van der Waals surface area contributed by atoms with E-state index in [2.05, 4.69) is 5.32 Å². The molecule has 0 aliphatic rings. The van der Waals surface area contributed by atoms with Crippen LogP contribution in [0.1, 0.15) is 38.3 Å². The van der Waals surface area contributed by atoms with E-state index >= 15 is 0 Å². The summed E-state index contributed by atoms with van der Waals surface area (Å²) in [5.74, 6) is -0.216. The summed E-state index contributed by atoms with van der Waals surface area (Å²) in [4.78, 5) is 28.5. The van der Waals surface area contributed by atoms with Crippen LogP contribution in [0, 0.1) is 6.92 Å². The Balaban J connectivity index is 2.03. The molecule has 0 fully saturated rings. The number of amides is 2. The monoisotopic (exact) mass is 585 g/mol. The van der Waals surface area contributed by atoms with Crippen molar-refractivity contribution >= 4 is 39.1 Å². The summed E-state index contributed by atoms with van der Waals surface area (Å²) >= 11 is 6.36. The van der Waals surface area contributed by atoms with E-state index in [1.165, 1.54) is 23.1 Å². The van der Waals surface area contributed by atoms with E-state index in [1.54, 1.807) is 68.6 Å². The van der Waals surface area contributed by atoms with Gasteiger partial charge in [0.05, 0.1) is 17.7 Å². The molecule has 214 valence electrons. The van der Waals surface area contributed by atoms with Crippen LogP contribution in [-0.2, 0) is 26.2 Å². The molecule has 0 unspecified atom stereocenters. The lowest BCUT2D eigenvalue weighted by Crippen LogP contribution is -2.52. The minimum Gasteiger partial charge on any atom is -0.497 e. The van der Waals surface area contributed by atoms with Gasteiger partial charge in [-0.2, -0.15) is 0 Å². The summed E-state index contributed by atoms with van der Waals surface area (Å²) in [6, 6.07) is 18.9. The van der Waals surface area contributed by atoms with Crippen molar-refractivity contribution in [2.45, 2.75) is 57.6 Å². The molecule has 1 N–H and O–H groups in total. The summed E-state index contributed by atoms with van der Waals surface area (Å²) in [7, 11) is -2.59. The second kappa shape index (κ2) is 13.7. The number of sulfonamides is 1. The topological polar surface area (TPSA) is 96.0 Å². The lowest BCUT2D eigenvalue weighted by molar-refractivity contribution is -0.139. The second-order valence-corrected chi connectivity index (χ2v) is 11.9. The number of benzene rings is 3. The van der Waals surface area contributed by atoms with Gasteiger partial charge in [-0.15, -0.1) is 0 Å². The fraction of sp³-hybridized carbons (Fsp3) is 0.333. The molecule has 0 aliphatic carbocycles. The number of nitrogens with one attached hydrogen (secondary N) is 1. The fourth-order valence-corrected chi connectivity index (χ4v) is 5.56. The van der Waals surface area contributed by atoms with E-state index in [9.17, 15) is 18.0 Å². The number of nitrogens with zero attached hydrogens (tertiary/aromatic N) is 2. The van der Waals surface area contributed by atoms with Crippen LogP contribution in [0.5, 0.6) is 5.75 Å². The third kappa shape index (κ3) is 7.55. The molecule has 0 bridgehead atoms. The molecule has 40 heavy (non-hydrogen) atoms. The highest BCUT2D eigenvalue weighted by atomic mass is 35.5. The largest absolute Gasteiger partial charge is 0.497 e. The van der Waals surface area contributed by atoms with Gasteiger partial charge in [0.15, 0.2) is 0 Å². The molecule has 0 radical (unpaired) electrons. The Labute approximate surface area is 241 Å². The first-order valence-electron chi connectivity index (χ1n) is 13.0. The van der Waals surface area contributed by atoms with E-state index in [1.807, 2.05) is 20.8 Å². The molecular weight excluding hydrogens is 550 g/mol. The predicted octanol–water partition coefficient (Wildman–Crippen LogP) is 5.18. The molecule has 0 heterocycles. The molecule has 0 saturated heterocycles. The van der Waals surface area contributed by atoms with E-state index < -0.39 is 28.5 Å². The highest BCUT2D eigenvalue weighted by Crippen LogP contribution is 2.28. The van der Waals surface area contributed by atoms with Crippen LogP contribution in [0.4, 0.5) is 5.69 Å². The molecule has 2 amide bonds. The van der Waals surface area contributed by atoms with Crippen LogP contribution >= 0.6 is 11.6 Å². The molecular formula is C30H36ClN3O5S. The maximum Gasteiger partial charge on any atom is 0.264 e. The minimum atomic E-state index is -4.15. The summed E-state index contributed by atoms with van der Waals surface area (Å²) in [5, 5.41) is 3.29. The number of carbonyl (C=O) groups excluding carboxylic acids is 2. The molecule has 0 saturated carbocycles. The molecule has 8 nitrogen and oxygen atoms in total. The van der Waals surface area contributed by atoms with Crippen molar-refractivity contribution in [1.82, 2.24) is 10.2 Å². The van der Waals surface area contributed by atoms with Crippen molar-refractivity contribution in [3.8, 4) is 5.75 Å². The number of halogens is 1. The molecule has 10 heteroatoms. The number of ether oxygens (including phenoxy) is 1. The first-order valence-corrected chi connectivity index (χ1v) is 14.9. The van der Waals surface area contributed by atoms with E-state index in [-0.39, 0.29) is 29.1 Å². The number of methoxy groups -OCH3 is 1. The minimum absolute atomic E-state index is 0.0313. The van der Waals surface area contributed by atoms with Crippen molar-refractivity contribution in [1.29, 1.82) is 0 Å². The van der Waals surface area contributed by atoms with Gasteiger partial charge in [-0.05, 0) is 74.7 Å². The lowest BCUT2D eigenvalue weighted by Gasteiger charge is -2.32. The number of hydrogen-bond donors (Lipinski definition) is 1. The van der Waals surface area contributed by atoms with Gasteiger partial charge in [0, 0.05) is 17.6 Å². The van der Waals surface area contributed by atoms with Crippen LogP contribution in [0.25, 0.3) is 0 Å². The predicted molar refractivity (Wildman–Crippen MR) is 158 cm³/mol. The molecule has 0 aromatic heterocycles. The van der Waals surface area contributed by atoms with Crippen molar-refractivity contribution in [3.63, 3.8) is 0 Å². The third-order valence-electron chi connectivity index (χ3n) is 6.73. The van der Waals surface area contributed by atoms with Crippen LogP contribution in [0.15, 0.2) is 77.7 Å². The van der Waals surface area contributed by atoms with E-state index in [0.717, 1.165) is 21.9 Å². The quantitative estimate of drug-likeness (QED) is 0.316. The van der Waals surface area contributed by atoms with Gasteiger partial charge >= 0.3 is 0 Å². The van der Waals surface area contributed by atoms with Crippen molar-refractivity contribution in [2.24, 2.45) is 0 Å². The standard InChI is InChI=1S/C30H36ClN3O5S/c1-6-22(3)32-30(36)23(4)33(19-24-13-16-26(39-5)17-14-24)29(35)20-34(25-15-12-21(2)28(31)18-25)40(37,38)27-10-8-7-9-11-27/h7-18,22-23H,6,19-20H2,1-5H3,(H,32,36)/t22-,23+/m0/s1. The van der Waals surface area contributed by atoms with Crippen molar-refractivity contribution in [3.05, 3.63) is 88.9 Å². The maximum atomic E-state index is 14.0. The zero-order chi connectivity index (χ0) is 29.4. The van der Waals surface area contributed by atoms with Gasteiger partial charge in [0.25, 0.3) is 10.0 Å². The average molecular weight is 586 g/mol. The zero-order valence-corrected chi connectivity index (χ0v) is 25.0. The molecule has 3 aromatic carbocycles. The Kier molecular flexibility index (Phi) is 10.6. The van der Waals surface area contributed by atoms with Gasteiger partial charge in [-0.3, -0.25) is 13.9 Å². The Morgan fingerprint density at radius 3 is 2.23 bits per heavy atom. The number of anilines is 1. The summed E-state index contributed by atoms with van der Waals surface area (Å²) < 4.78 is 33.9. The smallest absolute Gasteiger partial charge is 0.264 e. The average Bonchev–Trinajstić information content (AvgIpc) is 2.96. The fourth-order valence-electron chi connectivity index (χ4n) is 3.96. The second-order valence-electron chi connectivity index (χ2n) is 9.62. The normalized spacial score (nSPS) is 12.8. The van der Waals surface area contributed by atoms with Crippen LogP contribution < -0.4 is 14.4 Å². The van der Waals surface area contributed by atoms with Gasteiger partial charge in [0.1, 0.15) is 18.3 Å². The summed E-state index contributed by atoms with van der Waals surface area (Å²) in [6.07, 6.45) is 0.724. The number of rotatable bonds is 12. The lowest BCUT2D eigenvalue weighted by atomic mass is 10.1. The SMILES string of the molecule is CC[C@H](C)NC(=O)[C@@H](C)N(Cc1ccc(OC)cc1)C(=O)CN(c1ccc(C)c(Cl)c1)S(=O)(=O)c1ccccc1. The Morgan fingerprint density at radius 2 is 1.65 bits per heavy atom. The van der Waals surface area contributed by atoms with Crippen LogP contribution in [0.2, 0.25) is 5.02 Å². The molecule has 3 rings (SSSR count). The van der Waals surface area contributed by atoms with E-state index in [0.29, 0.717) is 10.8 Å². The highest BCUT2D eigenvalue weighted by molar-refractivity contribution is 7.92. The van der Waals surface area contributed by atoms with Crippen LogP contribution in [0.3, 0.4) is 0 Å². The van der Waals surface area contributed by atoms with Gasteiger partial charge in [-0.25, -0.2) is 8.42 Å². The van der Waals surface area contributed by atoms with Crippen LogP contribution in [-0.4, -0.2) is 50.9 Å². The molecule has 2 atom stereocenters. The number of hydrogen-bond acceptors (Lipinski definition) is 5. The Hall–Kier alpha value is -3.56. The molecule has 0 spiro atoms.